The fraction of sp³-hybridized carbons (Fsp3) is 0.714. The van der Waals surface area contributed by atoms with Crippen LogP contribution in [0.3, 0.4) is 0 Å². The molecule has 0 fully saturated rings. The van der Waals surface area contributed by atoms with Crippen molar-refractivity contribution in [3.05, 3.63) is 13.1 Å². The van der Waals surface area contributed by atoms with Crippen LogP contribution in [0.2, 0.25) is 0 Å². The van der Waals surface area contributed by atoms with Crippen molar-refractivity contribution in [1.29, 1.82) is 0 Å². The molecule has 0 saturated carbocycles. The first-order valence-corrected chi connectivity index (χ1v) is 4.71. The molecule has 0 aliphatic heterocycles. The van der Waals surface area contributed by atoms with Gasteiger partial charge in [-0.3, -0.25) is 8.58 Å². The van der Waals surface area contributed by atoms with Gasteiger partial charge in [-0.2, -0.15) is 5.92 Å². The Morgan fingerprint density at radius 2 is 2.22 bits per heavy atom. The first kappa shape index (κ1) is 13.1. The van der Waals surface area contributed by atoms with Crippen LogP contribution in [0.5, 0.6) is 0 Å². The van der Waals surface area contributed by atoms with Crippen molar-refractivity contribution < 1.29 is 32.7 Å². The van der Waals surface area contributed by atoms with Crippen molar-refractivity contribution in [3.63, 3.8) is 0 Å². The molecule has 2 unspecified atom stereocenters. The van der Waals surface area contributed by atoms with Gasteiger partial charge in [-0.05, 0) is 0 Å². The minimum Gasteiger partial charge on any atom is -0.343 e. The van der Waals surface area contributed by atoms with E-state index < -0.39 is 0 Å². The van der Waals surface area contributed by atoms with Crippen molar-refractivity contribution in [2.45, 2.75) is 19.8 Å². The zero-order valence-electron chi connectivity index (χ0n) is 6.35. The molecular formula is C7H15PY-2. The molecule has 0 aliphatic carbocycles. The zero-order valence-corrected chi connectivity index (χ0v) is 10.2. The largest absolute Gasteiger partial charge is 0.343 e. The summed E-state index contributed by atoms with van der Waals surface area (Å²) in [5, 5.41) is 0. The summed E-state index contributed by atoms with van der Waals surface area (Å²) in [5.74, 6) is 0.655. The molecule has 0 rings (SSSR count). The molecule has 0 saturated heterocycles. The fourth-order valence-corrected chi connectivity index (χ4v) is 1.02. The summed E-state index contributed by atoms with van der Waals surface area (Å²) in [6.07, 6.45) is 4.73. The summed E-state index contributed by atoms with van der Waals surface area (Å²) < 4.78 is 0. The molecule has 2 heteroatoms. The summed E-state index contributed by atoms with van der Waals surface area (Å²) in [6.45, 7) is 8.35. The quantitative estimate of drug-likeness (QED) is 0.503. The summed E-state index contributed by atoms with van der Waals surface area (Å²) in [7, 11) is 0.989. The monoisotopic (exact) mass is 219 g/mol. The van der Waals surface area contributed by atoms with Gasteiger partial charge in [0.15, 0.2) is 0 Å². The van der Waals surface area contributed by atoms with Gasteiger partial charge >= 0.3 is 0 Å². The average molecular weight is 219 g/mol. The first-order chi connectivity index (χ1) is 3.81. The van der Waals surface area contributed by atoms with Crippen LogP contribution in [0.25, 0.3) is 0 Å². The molecule has 1 radical (unpaired) electrons. The van der Waals surface area contributed by atoms with Crippen molar-refractivity contribution in [2.75, 3.05) is 6.66 Å². The van der Waals surface area contributed by atoms with Crippen LogP contribution in [0.15, 0.2) is 0 Å². The predicted octanol–water partition coefficient (Wildman–Crippen LogP) is 2.70. The van der Waals surface area contributed by atoms with E-state index >= 15 is 0 Å². The smallest absolute Gasteiger partial charge is 0 e. The maximum Gasteiger partial charge on any atom is 0 e. The Labute approximate surface area is 86.2 Å². The Hall–Kier alpha value is 1.53. The second-order valence-electron chi connectivity index (χ2n) is 2.00. The molecule has 9 heavy (non-hydrogen) atoms. The Morgan fingerprint density at radius 3 is 2.56 bits per heavy atom. The molecular weight excluding hydrogens is 204 g/mol. The summed E-state index contributed by atoms with van der Waals surface area (Å²) in [5.41, 5.74) is 0. The zero-order chi connectivity index (χ0) is 6.41. The van der Waals surface area contributed by atoms with Gasteiger partial charge in [-0.15, -0.1) is 0 Å². The van der Waals surface area contributed by atoms with Crippen molar-refractivity contribution in [2.24, 2.45) is 5.92 Å². The van der Waals surface area contributed by atoms with E-state index in [0.717, 1.165) is 8.58 Å². The summed E-state index contributed by atoms with van der Waals surface area (Å²) in [6, 6.07) is 0. The van der Waals surface area contributed by atoms with Gasteiger partial charge in [0.05, 0.1) is 0 Å². The number of rotatable bonds is 4. The Kier molecular flexibility index (Phi) is 13.9. The van der Waals surface area contributed by atoms with Gasteiger partial charge < -0.3 is 13.1 Å². The van der Waals surface area contributed by atoms with Crippen LogP contribution >= 0.6 is 8.58 Å². The third-order valence-electron chi connectivity index (χ3n) is 1.23. The van der Waals surface area contributed by atoms with Crippen LogP contribution in [-0.2, 0) is 32.7 Å². The van der Waals surface area contributed by atoms with E-state index in [1.807, 2.05) is 0 Å². The fourth-order valence-electron chi connectivity index (χ4n) is 0.451. The average Bonchev–Trinajstić information content (AvgIpc) is 1.83. The van der Waals surface area contributed by atoms with Crippen molar-refractivity contribution >= 4 is 8.58 Å². The predicted molar refractivity (Wildman–Crippen MR) is 42.3 cm³/mol. The van der Waals surface area contributed by atoms with Gasteiger partial charge in [-0.1, -0.05) is 20.0 Å². The molecule has 0 N–H and O–H groups in total. The molecule has 2 atom stereocenters. The third-order valence-corrected chi connectivity index (χ3v) is 1.88. The minimum absolute atomic E-state index is 0. The summed E-state index contributed by atoms with van der Waals surface area (Å²) in [4.78, 5) is 0. The molecule has 0 nitrogen and oxygen atoms in total. The second kappa shape index (κ2) is 9.53. The number of hydrogen-bond acceptors (Lipinski definition) is 0. The summed E-state index contributed by atoms with van der Waals surface area (Å²) >= 11 is 0. The van der Waals surface area contributed by atoms with Crippen LogP contribution in [0.1, 0.15) is 19.8 Å². The van der Waals surface area contributed by atoms with Crippen LogP contribution < -0.4 is 0 Å². The second-order valence-corrected chi connectivity index (χ2v) is 2.99. The van der Waals surface area contributed by atoms with E-state index in [1.54, 1.807) is 0 Å². The standard InChI is InChI=1S/C7H15P.Y/c1-4-7(2)5-6-8-3;/h6-8H,2,4-5H2,1,3H3;/q-2;. The molecule has 0 bridgehead atoms. The van der Waals surface area contributed by atoms with Gasteiger partial charge in [-0.25, -0.2) is 6.42 Å². The van der Waals surface area contributed by atoms with Gasteiger partial charge in [0, 0.05) is 32.7 Å². The maximum atomic E-state index is 3.97. The van der Waals surface area contributed by atoms with E-state index in [0.29, 0.717) is 5.92 Å². The first-order valence-electron chi connectivity index (χ1n) is 3.13. The van der Waals surface area contributed by atoms with Crippen molar-refractivity contribution in [3.8, 4) is 0 Å². The van der Waals surface area contributed by atoms with E-state index in [9.17, 15) is 0 Å². The Morgan fingerprint density at radius 1 is 1.67 bits per heavy atom. The molecule has 0 aromatic rings. The molecule has 0 heterocycles. The Balaban J connectivity index is 0. The van der Waals surface area contributed by atoms with E-state index in [2.05, 4.69) is 26.7 Å². The van der Waals surface area contributed by atoms with Crippen LogP contribution in [0, 0.1) is 19.0 Å². The van der Waals surface area contributed by atoms with E-state index in [-0.39, 0.29) is 32.7 Å². The van der Waals surface area contributed by atoms with Gasteiger partial charge in [0.2, 0.25) is 0 Å². The van der Waals surface area contributed by atoms with Gasteiger partial charge in [0.1, 0.15) is 0 Å². The Bertz CT molecular complexity index is 48.2. The topological polar surface area (TPSA) is 0 Å². The molecule has 0 amide bonds. The molecule has 0 aliphatic rings. The van der Waals surface area contributed by atoms with Crippen LogP contribution in [0.4, 0.5) is 0 Å². The van der Waals surface area contributed by atoms with E-state index in [4.69, 9.17) is 0 Å². The maximum absolute atomic E-state index is 3.97. The molecule has 0 aromatic carbocycles. The molecule has 53 valence electrons. The molecule has 0 aromatic heterocycles. The van der Waals surface area contributed by atoms with Crippen molar-refractivity contribution in [1.82, 2.24) is 0 Å². The minimum atomic E-state index is 0. The normalized spacial score (nSPS) is 13.7. The van der Waals surface area contributed by atoms with E-state index in [1.165, 1.54) is 12.8 Å². The van der Waals surface area contributed by atoms with Crippen LogP contribution in [-0.4, -0.2) is 6.66 Å². The third kappa shape index (κ3) is 9.53. The SMILES string of the molecule is [CH2-]C(CC)C[CH-]PC.[Y]. The van der Waals surface area contributed by atoms with Gasteiger partial charge in [0.25, 0.3) is 0 Å². The molecule has 0 spiro atoms. The number of hydrogen-bond donors (Lipinski definition) is 0.